The molecular weight excluding hydrogens is 258 g/mol. The highest BCUT2D eigenvalue weighted by Crippen LogP contribution is 2.17. The van der Waals surface area contributed by atoms with E-state index in [1.807, 2.05) is 11.6 Å². The highest BCUT2D eigenvalue weighted by molar-refractivity contribution is 5.88. The van der Waals surface area contributed by atoms with E-state index < -0.39 is 5.97 Å². The molecule has 0 saturated carbocycles. The van der Waals surface area contributed by atoms with E-state index in [1.54, 1.807) is 36.9 Å². The molecule has 0 spiro atoms. The van der Waals surface area contributed by atoms with Crippen LogP contribution in [0.2, 0.25) is 0 Å². The molecule has 3 rings (SSSR count). The van der Waals surface area contributed by atoms with Gasteiger partial charge in [0.15, 0.2) is 0 Å². The summed E-state index contributed by atoms with van der Waals surface area (Å²) in [6, 6.07) is 6.52. The molecule has 0 radical (unpaired) electrons. The van der Waals surface area contributed by atoms with Gasteiger partial charge in [-0.15, -0.1) is 5.10 Å². The summed E-state index contributed by atoms with van der Waals surface area (Å²) in [7, 11) is 1.87. The monoisotopic (exact) mass is 269 g/mol. The van der Waals surface area contributed by atoms with E-state index in [4.69, 9.17) is 5.11 Å². The molecule has 7 nitrogen and oxygen atoms in total. The third-order valence-corrected chi connectivity index (χ3v) is 2.93. The molecule has 7 heteroatoms. The fraction of sp³-hybridized carbons (Fsp3) is 0.0769. The normalized spacial score (nSPS) is 10.7. The van der Waals surface area contributed by atoms with Gasteiger partial charge in [0.2, 0.25) is 0 Å². The molecule has 20 heavy (non-hydrogen) atoms. The van der Waals surface area contributed by atoms with Crippen LogP contribution < -0.4 is 0 Å². The van der Waals surface area contributed by atoms with Crippen LogP contribution in [0.15, 0.2) is 43.0 Å². The van der Waals surface area contributed by atoms with E-state index in [9.17, 15) is 4.79 Å². The van der Waals surface area contributed by atoms with Crippen molar-refractivity contribution in [2.24, 2.45) is 7.05 Å². The summed E-state index contributed by atoms with van der Waals surface area (Å²) in [4.78, 5) is 15.0. The number of carboxylic acid groups (broad SMARTS) is 1. The molecule has 0 amide bonds. The van der Waals surface area contributed by atoms with Crippen LogP contribution in [0.4, 0.5) is 0 Å². The second kappa shape index (κ2) is 4.61. The van der Waals surface area contributed by atoms with Crippen LogP contribution >= 0.6 is 0 Å². The molecule has 3 aromatic rings. The number of hydrogen-bond acceptors (Lipinski definition) is 4. The van der Waals surface area contributed by atoms with Crippen LogP contribution in [0.1, 0.15) is 10.4 Å². The zero-order valence-corrected chi connectivity index (χ0v) is 10.6. The van der Waals surface area contributed by atoms with Crippen LogP contribution in [-0.2, 0) is 7.05 Å². The van der Waals surface area contributed by atoms with Crippen molar-refractivity contribution in [3.8, 4) is 17.1 Å². The number of carbonyl (C=O) groups is 1. The highest BCUT2D eigenvalue weighted by atomic mass is 16.4. The smallest absolute Gasteiger partial charge is 0.335 e. The molecule has 1 N–H and O–H groups in total. The maximum Gasteiger partial charge on any atom is 0.335 e. The minimum atomic E-state index is -0.973. The first-order valence-electron chi connectivity index (χ1n) is 5.88. The lowest BCUT2D eigenvalue weighted by Gasteiger charge is -2.01. The molecule has 2 aromatic heterocycles. The van der Waals surface area contributed by atoms with Crippen molar-refractivity contribution < 1.29 is 9.90 Å². The standard InChI is InChI=1S/C13H11N5O2/c1-17-8-14-6-12(17)11-7-18(16-15-11)10-4-2-3-9(5-10)13(19)20/h2-8H,1H3,(H,19,20). The molecule has 0 saturated heterocycles. The van der Waals surface area contributed by atoms with Crippen molar-refractivity contribution in [1.82, 2.24) is 24.5 Å². The summed E-state index contributed by atoms with van der Waals surface area (Å²) in [5, 5.41) is 17.1. The second-order valence-electron chi connectivity index (χ2n) is 4.29. The first-order valence-corrected chi connectivity index (χ1v) is 5.88. The average molecular weight is 269 g/mol. The Bertz CT molecular complexity index is 774. The Labute approximate surface area is 114 Å². The van der Waals surface area contributed by atoms with E-state index in [2.05, 4.69) is 15.3 Å². The molecule has 1 aromatic carbocycles. The molecule has 0 aliphatic heterocycles. The Morgan fingerprint density at radius 1 is 1.35 bits per heavy atom. The van der Waals surface area contributed by atoms with Gasteiger partial charge in [0.25, 0.3) is 0 Å². The number of aromatic carboxylic acids is 1. The van der Waals surface area contributed by atoms with Crippen molar-refractivity contribution in [2.45, 2.75) is 0 Å². The highest BCUT2D eigenvalue weighted by Gasteiger charge is 2.10. The van der Waals surface area contributed by atoms with E-state index in [0.717, 1.165) is 5.69 Å². The van der Waals surface area contributed by atoms with E-state index in [-0.39, 0.29) is 5.56 Å². The minimum absolute atomic E-state index is 0.208. The third kappa shape index (κ3) is 2.05. The maximum absolute atomic E-state index is 11.0. The first kappa shape index (κ1) is 12.1. The number of aryl methyl sites for hydroxylation is 1. The van der Waals surface area contributed by atoms with Gasteiger partial charge in [-0.05, 0) is 18.2 Å². The Kier molecular flexibility index (Phi) is 2.79. The lowest BCUT2D eigenvalue weighted by Crippen LogP contribution is -2.00. The molecule has 0 bridgehead atoms. The predicted octanol–water partition coefficient (Wildman–Crippen LogP) is 1.37. The lowest BCUT2D eigenvalue weighted by atomic mass is 10.2. The third-order valence-electron chi connectivity index (χ3n) is 2.93. The number of benzene rings is 1. The minimum Gasteiger partial charge on any atom is -0.478 e. The molecule has 100 valence electrons. The molecule has 0 unspecified atom stereocenters. The molecule has 0 aliphatic carbocycles. The quantitative estimate of drug-likeness (QED) is 0.776. The van der Waals surface area contributed by atoms with Gasteiger partial charge >= 0.3 is 5.97 Å². The Balaban J connectivity index is 2.00. The van der Waals surface area contributed by atoms with Gasteiger partial charge in [-0.3, -0.25) is 0 Å². The topological polar surface area (TPSA) is 85.8 Å². The zero-order chi connectivity index (χ0) is 14.1. The summed E-state index contributed by atoms with van der Waals surface area (Å²) in [5.74, 6) is -0.973. The average Bonchev–Trinajstić information content (AvgIpc) is 3.07. The summed E-state index contributed by atoms with van der Waals surface area (Å²) in [5.41, 5.74) is 2.36. The molecule has 2 heterocycles. The molecular formula is C13H11N5O2. The van der Waals surface area contributed by atoms with Crippen LogP contribution in [-0.4, -0.2) is 35.6 Å². The predicted molar refractivity (Wildman–Crippen MR) is 70.5 cm³/mol. The number of carboxylic acids is 1. The summed E-state index contributed by atoms with van der Waals surface area (Å²) < 4.78 is 3.37. The van der Waals surface area contributed by atoms with Crippen molar-refractivity contribution in [3.05, 3.63) is 48.5 Å². The Hall–Kier alpha value is -2.96. The summed E-state index contributed by atoms with van der Waals surface area (Å²) in [6.45, 7) is 0. The lowest BCUT2D eigenvalue weighted by molar-refractivity contribution is 0.0697. The van der Waals surface area contributed by atoms with Gasteiger partial charge in [0.05, 0.1) is 35.7 Å². The largest absolute Gasteiger partial charge is 0.478 e. The van der Waals surface area contributed by atoms with Crippen molar-refractivity contribution in [2.75, 3.05) is 0 Å². The van der Waals surface area contributed by atoms with E-state index >= 15 is 0 Å². The number of nitrogens with zero attached hydrogens (tertiary/aromatic N) is 5. The number of rotatable bonds is 3. The number of hydrogen-bond donors (Lipinski definition) is 1. The van der Waals surface area contributed by atoms with Crippen molar-refractivity contribution >= 4 is 5.97 Å². The van der Waals surface area contributed by atoms with Gasteiger partial charge < -0.3 is 9.67 Å². The first-order chi connectivity index (χ1) is 9.65. The van der Waals surface area contributed by atoms with Gasteiger partial charge in [-0.2, -0.15) is 0 Å². The van der Waals surface area contributed by atoms with Gasteiger partial charge in [0.1, 0.15) is 5.69 Å². The summed E-state index contributed by atoms with van der Waals surface area (Å²) in [6.07, 6.45) is 5.11. The van der Waals surface area contributed by atoms with Crippen LogP contribution in [0.3, 0.4) is 0 Å². The van der Waals surface area contributed by atoms with Crippen molar-refractivity contribution in [3.63, 3.8) is 0 Å². The zero-order valence-electron chi connectivity index (χ0n) is 10.6. The van der Waals surface area contributed by atoms with Crippen LogP contribution in [0, 0.1) is 0 Å². The van der Waals surface area contributed by atoms with Gasteiger partial charge in [0, 0.05) is 7.05 Å². The molecule has 0 atom stereocenters. The Morgan fingerprint density at radius 2 is 2.20 bits per heavy atom. The molecule has 0 aliphatic rings. The number of imidazole rings is 1. The Morgan fingerprint density at radius 3 is 2.90 bits per heavy atom. The van der Waals surface area contributed by atoms with Crippen molar-refractivity contribution in [1.29, 1.82) is 0 Å². The van der Waals surface area contributed by atoms with E-state index in [1.165, 1.54) is 10.7 Å². The fourth-order valence-corrected chi connectivity index (χ4v) is 1.89. The second-order valence-corrected chi connectivity index (χ2v) is 4.29. The van der Waals surface area contributed by atoms with E-state index in [0.29, 0.717) is 11.4 Å². The maximum atomic E-state index is 11.0. The van der Waals surface area contributed by atoms with Gasteiger partial charge in [-0.25, -0.2) is 14.5 Å². The SMILES string of the molecule is Cn1cncc1-c1cn(-c2cccc(C(=O)O)c2)nn1. The van der Waals surface area contributed by atoms with Crippen LogP contribution in [0.25, 0.3) is 17.1 Å². The van der Waals surface area contributed by atoms with Gasteiger partial charge in [-0.1, -0.05) is 11.3 Å². The number of aromatic nitrogens is 5. The summed E-state index contributed by atoms with van der Waals surface area (Å²) >= 11 is 0. The molecule has 0 fully saturated rings. The fourth-order valence-electron chi connectivity index (χ4n) is 1.89. The van der Waals surface area contributed by atoms with Crippen LogP contribution in [0.5, 0.6) is 0 Å².